The second kappa shape index (κ2) is 13.3. The van der Waals surface area contributed by atoms with Gasteiger partial charge in [-0.05, 0) is 101 Å². The number of nitro groups is 1. The monoisotopic (exact) mass is 711 g/mol. The Hall–Kier alpha value is -3.69. The van der Waals surface area contributed by atoms with E-state index in [4.69, 9.17) is 21.1 Å². The number of hydrogen-bond acceptors (Lipinski definition) is 8. The lowest BCUT2D eigenvalue weighted by molar-refractivity contribution is -0.384. The molecule has 0 radical (unpaired) electrons. The zero-order valence-electron chi connectivity index (χ0n) is 21.2. The summed E-state index contributed by atoms with van der Waals surface area (Å²) in [6.07, 6.45) is 1.52. The molecular weight excluding hydrogens is 692 g/mol. The van der Waals surface area contributed by atoms with Crippen LogP contribution in [-0.4, -0.2) is 40.0 Å². The normalized spacial score (nSPS) is 14.0. The number of carbonyl (C=O) groups is 3. The average molecular weight is 712 g/mol. The number of nitrogens with zero attached hydrogens (tertiary/aromatic N) is 2. The van der Waals surface area contributed by atoms with Gasteiger partial charge in [-0.25, -0.2) is 4.39 Å². The predicted molar refractivity (Wildman–Crippen MR) is 160 cm³/mol. The maximum Gasteiger partial charge on any atom is 0.294 e. The number of rotatable bonds is 10. The van der Waals surface area contributed by atoms with E-state index in [1.807, 2.05) is 0 Å². The quantitative estimate of drug-likeness (QED) is 0.107. The molecule has 3 aromatic rings. The van der Waals surface area contributed by atoms with Gasteiger partial charge in [-0.2, -0.15) is 0 Å². The van der Waals surface area contributed by atoms with Crippen LogP contribution in [0.3, 0.4) is 0 Å². The van der Waals surface area contributed by atoms with E-state index in [0.29, 0.717) is 39.0 Å². The number of anilines is 1. The molecule has 0 bridgehead atoms. The Morgan fingerprint density at radius 1 is 1.17 bits per heavy atom. The lowest BCUT2D eigenvalue weighted by Crippen LogP contribution is -2.36. The van der Waals surface area contributed by atoms with Crippen LogP contribution in [0.15, 0.2) is 59.5 Å². The molecule has 4 rings (SSSR count). The van der Waals surface area contributed by atoms with Gasteiger partial charge >= 0.3 is 0 Å². The van der Waals surface area contributed by atoms with Gasteiger partial charge in [0.1, 0.15) is 19.0 Å². The second-order valence-corrected chi connectivity index (χ2v) is 11.0. The first kappa shape index (κ1) is 30.3. The van der Waals surface area contributed by atoms with Gasteiger partial charge in [0.05, 0.1) is 25.0 Å². The van der Waals surface area contributed by atoms with Crippen LogP contribution in [0, 0.1) is 19.5 Å². The van der Waals surface area contributed by atoms with Gasteiger partial charge < -0.3 is 14.8 Å². The van der Waals surface area contributed by atoms with E-state index in [1.165, 1.54) is 30.3 Å². The summed E-state index contributed by atoms with van der Waals surface area (Å²) in [7, 11) is 0. The molecule has 3 aromatic carbocycles. The third-order valence-electron chi connectivity index (χ3n) is 5.54. The van der Waals surface area contributed by atoms with E-state index in [9.17, 15) is 28.9 Å². The molecule has 1 aliphatic heterocycles. The molecule has 10 nitrogen and oxygen atoms in total. The molecule has 0 saturated carbocycles. The molecule has 0 atom stereocenters. The molecular formula is C27H20ClFIN3O7S. The van der Waals surface area contributed by atoms with E-state index in [0.717, 1.165) is 16.5 Å². The molecule has 1 N–H and O–H groups in total. The Bertz CT molecular complexity index is 1570. The number of nitrogens with one attached hydrogen (secondary N) is 1. The summed E-state index contributed by atoms with van der Waals surface area (Å²) in [5, 5.41) is 12.6. The molecule has 1 fully saturated rings. The number of benzene rings is 3. The van der Waals surface area contributed by atoms with Crippen LogP contribution in [0.5, 0.6) is 11.5 Å². The van der Waals surface area contributed by atoms with Crippen LogP contribution < -0.4 is 14.8 Å². The van der Waals surface area contributed by atoms with Crippen LogP contribution in [0.4, 0.5) is 20.6 Å². The first-order valence-electron chi connectivity index (χ1n) is 11.9. The Labute approximate surface area is 256 Å². The third kappa shape index (κ3) is 7.54. The highest BCUT2D eigenvalue weighted by Crippen LogP contribution is 2.38. The standard InChI is InChI=1S/C27H20ClFIN3O7S/c1-2-39-22-10-16(9-21(30)25(22)40-14-15-3-6-18(7-4-15)33(37)38)11-23-26(35)32(27(36)41-23)13-24(34)31-17-5-8-20(29)19(28)12-17/h3-12H,2,13-14H2,1H3,(H,31,34)/b23-11+. The number of imide groups is 1. The average Bonchev–Trinajstić information content (AvgIpc) is 3.17. The molecule has 1 aliphatic rings. The first-order chi connectivity index (χ1) is 19.5. The summed E-state index contributed by atoms with van der Waals surface area (Å²) in [6, 6.07) is 13.0. The zero-order valence-corrected chi connectivity index (χ0v) is 24.9. The molecule has 0 unspecified atom stereocenters. The van der Waals surface area contributed by atoms with Gasteiger partial charge in [0.2, 0.25) is 5.91 Å². The van der Waals surface area contributed by atoms with Crippen LogP contribution >= 0.6 is 46.0 Å². The van der Waals surface area contributed by atoms with E-state index in [1.54, 1.807) is 31.2 Å². The topological polar surface area (TPSA) is 128 Å². The SMILES string of the molecule is CCOc1cc(/C=C2/SC(=O)N(CC(=O)Nc3ccc(F)c(Cl)c3)C2=O)cc(I)c1OCc1ccc([N+](=O)[O-])cc1. The highest BCUT2D eigenvalue weighted by Gasteiger charge is 2.36. The van der Waals surface area contributed by atoms with E-state index >= 15 is 0 Å². The van der Waals surface area contributed by atoms with Gasteiger partial charge in [-0.3, -0.25) is 29.4 Å². The summed E-state index contributed by atoms with van der Waals surface area (Å²) in [5.41, 5.74) is 1.48. The van der Waals surface area contributed by atoms with Crippen molar-refractivity contribution in [2.75, 3.05) is 18.5 Å². The second-order valence-electron chi connectivity index (χ2n) is 8.42. The maximum atomic E-state index is 13.4. The molecule has 0 spiro atoms. The van der Waals surface area contributed by atoms with Gasteiger partial charge in [0.15, 0.2) is 11.5 Å². The van der Waals surface area contributed by atoms with Crippen molar-refractivity contribution in [2.24, 2.45) is 0 Å². The molecule has 0 aliphatic carbocycles. The van der Waals surface area contributed by atoms with Gasteiger partial charge in [-0.1, -0.05) is 11.6 Å². The Morgan fingerprint density at radius 2 is 1.90 bits per heavy atom. The molecule has 212 valence electrons. The van der Waals surface area contributed by atoms with Crippen molar-refractivity contribution in [1.82, 2.24) is 4.90 Å². The highest BCUT2D eigenvalue weighted by molar-refractivity contribution is 14.1. The minimum Gasteiger partial charge on any atom is -0.490 e. The molecule has 1 heterocycles. The van der Waals surface area contributed by atoms with E-state index < -0.39 is 34.3 Å². The van der Waals surface area contributed by atoms with Crippen molar-refractivity contribution in [1.29, 1.82) is 0 Å². The summed E-state index contributed by atoms with van der Waals surface area (Å²) in [5.74, 6) is -1.08. The minimum atomic E-state index is -0.654. The maximum absolute atomic E-state index is 13.4. The summed E-state index contributed by atoms with van der Waals surface area (Å²) >= 11 is 8.48. The lowest BCUT2D eigenvalue weighted by atomic mass is 10.1. The molecule has 41 heavy (non-hydrogen) atoms. The third-order valence-corrected chi connectivity index (χ3v) is 7.54. The minimum absolute atomic E-state index is 0.0227. The molecule has 0 aromatic heterocycles. The molecule has 3 amide bonds. The number of amides is 3. The number of carbonyl (C=O) groups excluding carboxylic acids is 3. The van der Waals surface area contributed by atoms with E-state index in [2.05, 4.69) is 27.9 Å². The highest BCUT2D eigenvalue weighted by atomic mass is 127. The Kier molecular flexibility index (Phi) is 9.83. The van der Waals surface area contributed by atoms with Gasteiger partial charge in [-0.15, -0.1) is 0 Å². The van der Waals surface area contributed by atoms with Gasteiger partial charge in [0.25, 0.3) is 16.8 Å². The summed E-state index contributed by atoms with van der Waals surface area (Å²) < 4.78 is 25.7. The van der Waals surface area contributed by atoms with Crippen molar-refractivity contribution in [3.05, 3.63) is 95.2 Å². The summed E-state index contributed by atoms with van der Waals surface area (Å²) in [6.45, 7) is 1.74. The van der Waals surface area contributed by atoms with Crippen LogP contribution in [0.25, 0.3) is 6.08 Å². The zero-order chi connectivity index (χ0) is 29.7. The van der Waals surface area contributed by atoms with Crippen molar-refractivity contribution in [3.63, 3.8) is 0 Å². The van der Waals surface area contributed by atoms with Crippen LogP contribution in [0.2, 0.25) is 5.02 Å². The van der Waals surface area contributed by atoms with Crippen molar-refractivity contribution in [3.8, 4) is 11.5 Å². The largest absolute Gasteiger partial charge is 0.490 e. The van der Waals surface area contributed by atoms with Crippen molar-refractivity contribution >= 4 is 80.5 Å². The number of thioether (sulfide) groups is 1. The number of non-ortho nitro benzene ring substituents is 1. The Morgan fingerprint density at radius 3 is 2.56 bits per heavy atom. The predicted octanol–water partition coefficient (Wildman–Crippen LogP) is 6.64. The number of nitro benzene ring substituents is 1. The number of hydrogen-bond donors (Lipinski definition) is 1. The summed E-state index contributed by atoms with van der Waals surface area (Å²) in [4.78, 5) is 49.3. The van der Waals surface area contributed by atoms with Crippen molar-refractivity contribution < 1.29 is 33.2 Å². The fourth-order valence-electron chi connectivity index (χ4n) is 3.65. The molecule has 1 saturated heterocycles. The fourth-order valence-corrected chi connectivity index (χ4v) is 5.45. The van der Waals surface area contributed by atoms with Gasteiger partial charge in [0, 0.05) is 17.8 Å². The van der Waals surface area contributed by atoms with Crippen molar-refractivity contribution in [2.45, 2.75) is 13.5 Å². The molecule has 14 heteroatoms. The van der Waals surface area contributed by atoms with Crippen LogP contribution in [0.1, 0.15) is 18.1 Å². The number of halogens is 3. The fraction of sp³-hybridized carbons (Fsp3) is 0.148. The Balaban J connectivity index is 1.47. The van der Waals surface area contributed by atoms with Crippen LogP contribution in [-0.2, 0) is 16.2 Å². The smallest absolute Gasteiger partial charge is 0.294 e. The lowest BCUT2D eigenvalue weighted by Gasteiger charge is -2.15. The van der Waals surface area contributed by atoms with E-state index in [-0.39, 0.29) is 27.9 Å². The number of ether oxygens (including phenoxy) is 2. The first-order valence-corrected chi connectivity index (χ1v) is 14.2.